The van der Waals surface area contributed by atoms with Gasteiger partial charge in [0.25, 0.3) is 5.91 Å². The highest BCUT2D eigenvalue weighted by Gasteiger charge is 2.16. The predicted molar refractivity (Wildman–Crippen MR) is 86.4 cm³/mol. The minimum absolute atomic E-state index is 0.306. The number of amides is 1. The lowest BCUT2D eigenvalue weighted by Gasteiger charge is -2.13. The van der Waals surface area contributed by atoms with Gasteiger partial charge in [0, 0.05) is 18.7 Å². The third-order valence-corrected chi connectivity index (χ3v) is 3.02. The van der Waals surface area contributed by atoms with Gasteiger partial charge in [-0.3, -0.25) is 4.79 Å². The van der Waals surface area contributed by atoms with Crippen LogP contribution in [0.3, 0.4) is 0 Å². The Morgan fingerprint density at radius 1 is 1.30 bits per heavy atom. The lowest BCUT2D eigenvalue weighted by atomic mass is 10.2. The number of carbonyl (C=O) groups is 2. The first kappa shape index (κ1) is 16.7. The van der Waals surface area contributed by atoms with Crippen LogP contribution in [-0.2, 0) is 14.3 Å². The Labute approximate surface area is 134 Å². The number of aromatic nitrogens is 1. The Morgan fingerprint density at radius 3 is 2.74 bits per heavy atom. The van der Waals surface area contributed by atoms with E-state index < -0.39 is 12.1 Å². The van der Waals surface area contributed by atoms with Crippen LogP contribution in [0.2, 0.25) is 0 Å². The van der Waals surface area contributed by atoms with Crippen LogP contribution in [-0.4, -0.2) is 29.5 Å². The third kappa shape index (κ3) is 4.95. The summed E-state index contributed by atoms with van der Waals surface area (Å²) in [5.74, 6) is -0.303. The van der Waals surface area contributed by atoms with Crippen molar-refractivity contribution >= 4 is 29.1 Å². The molecule has 1 heterocycles. The fourth-order valence-corrected chi connectivity index (χ4v) is 1.82. The smallest absolute Gasteiger partial charge is 0.331 e. The van der Waals surface area contributed by atoms with Crippen molar-refractivity contribution < 1.29 is 18.7 Å². The molecule has 23 heavy (non-hydrogen) atoms. The number of hydrogen-bond acceptors (Lipinski definition) is 5. The zero-order valence-electron chi connectivity index (χ0n) is 13.4. The van der Waals surface area contributed by atoms with Gasteiger partial charge in [0.1, 0.15) is 5.52 Å². The Balaban J connectivity index is 1.89. The molecule has 0 saturated heterocycles. The number of rotatable bonds is 6. The van der Waals surface area contributed by atoms with E-state index in [9.17, 15) is 9.59 Å². The Morgan fingerprint density at radius 2 is 2.04 bits per heavy atom. The lowest BCUT2D eigenvalue weighted by Crippen LogP contribution is -2.37. The molecule has 0 spiro atoms. The SMILES string of the molecule is CC(C)CNC(=O)[C@H](C)OC(=O)/C=C/c1nc2ccccc2o1. The monoisotopic (exact) mass is 316 g/mol. The molecule has 0 aliphatic rings. The standard InChI is InChI=1S/C17H20N2O4/c1-11(2)10-18-17(21)12(3)22-16(20)9-8-15-19-13-6-4-5-7-14(13)23-15/h4-9,11-12H,10H2,1-3H3,(H,18,21)/b9-8+/t12-/m0/s1. The summed E-state index contributed by atoms with van der Waals surface area (Å²) < 4.78 is 10.5. The van der Waals surface area contributed by atoms with Crippen LogP contribution in [0, 0.1) is 5.92 Å². The zero-order valence-corrected chi connectivity index (χ0v) is 13.4. The summed E-state index contributed by atoms with van der Waals surface area (Å²) in [7, 11) is 0. The molecule has 6 nitrogen and oxygen atoms in total. The van der Waals surface area contributed by atoms with E-state index in [-0.39, 0.29) is 5.91 Å². The van der Waals surface area contributed by atoms with Gasteiger partial charge in [0.05, 0.1) is 0 Å². The normalized spacial score (nSPS) is 12.7. The Bertz CT molecular complexity index is 685. The summed E-state index contributed by atoms with van der Waals surface area (Å²) in [6.45, 7) is 6.04. The van der Waals surface area contributed by atoms with Crippen LogP contribution in [0.4, 0.5) is 0 Å². The number of hydrogen-bond donors (Lipinski definition) is 1. The largest absolute Gasteiger partial charge is 0.449 e. The van der Waals surface area contributed by atoms with E-state index in [1.165, 1.54) is 19.1 Å². The van der Waals surface area contributed by atoms with Crippen molar-refractivity contribution in [3.05, 3.63) is 36.2 Å². The number of esters is 1. The van der Waals surface area contributed by atoms with E-state index in [2.05, 4.69) is 10.3 Å². The summed E-state index contributed by atoms with van der Waals surface area (Å²) in [6, 6.07) is 7.30. The molecular weight excluding hydrogens is 296 g/mol. The summed E-state index contributed by atoms with van der Waals surface area (Å²) >= 11 is 0. The molecule has 0 aliphatic carbocycles. The number of fused-ring (bicyclic) bond motifs is 1. The lowest BCUT2D eigenvalue weighted by molar-refractivity contribution is -0.150. The topological polar surface area (TPSA) is 81.4 Å². The van der Waals surface area contributed by atoms with Gasteiger partial charge in [-0.1, -0.05) is 26.0 Å². The molecule has 0 radical (unpaired) electrons. The van der Waals surface area contributed by atoms with Gasteiger partial charge >= 0.3 is 5.97 Å². The Kier molecular flexibility index (Phi) is 5.51. The number of ether oxygens (including phenoxy) is 1. The van der Waals surface area contributed by atoms with E-state index in [1.807, 2.05) is 32.0 Å². The van der Waals surface area contributed by atoms with Gasteiger partial charge in [0.15, 0.2) is 11.7 Å². The van der Waals surface area contributed by atoms with Crippen LogP contribution < -0.4 is 5.32 Å². The second-order valence-electron chi connectivity index (χ2n) is 5.57. The molecule has 0 aliphatic heterocycles. The van der Waals surface area contributed by atoms with Crippen LogP contribution in [0.1, 0.15) is 26.7 Å². The van der Waals surface area contributed by atoms with Gasteiger partial charge in [-0.25, -0.2) is 9.78 Å². The molecule has 2 rings (SSSR count). The van der Waals surface area contributed by atoms with Crippen molar-refractivity contribution in [2.24, 2.45) is 5.92 Å². The molecule has 0 fully saturated rings. The van der Waals surface area contributed by atoms with Crippen molar-refractivity contribution in [1.82, 2.24) is 10.3 Å². The molecule has 0 bridgehead atoms. The number of oxazole rings is 1. The second kappa shape index (κ2) is 7.58. The number of nitrogens with one attached hydrogen (secondary N) is 1. The minimum atomic E-state index is -0.852. The number of para-hydroxylation sites is 2. The molecule has 0 unspecified atom stereocenters. The molecule has 1 atom stereocenters. The first-order valence-electron chi connectivity index (χ1n) is 7.47. The predicted octanol–water partition coefficient (Wildman–Crippen LogP) is 2.54. The molecule has 0 saturated carbocycles. The Hall–Kier alpha value is -2.63. The average molecular weight is 316 g/mol. The van der Waals surface area contributed by atoms with Crippen molar-refractivity contribution in [1.29, 1.82) is 0 Å². The van der Waals surface area contributed by atoms with E-state index in [1.54, 1.807) is 6.07 Å². The molecule has 6 heteroatoms. The van der Waals surface area contributed by atoms with Gasteiger partial charge in [-0.15, -0.1) is 0 Å². The molecule has 1 aromatic heterocycles. The number of nitrogens with zero attached hydrogens (tertiary/aromatic N) is 1. The quantitative estimate of drug-likeness (QED) is 0.654. The molecular formula is C17H20N2O4. The average Bonchev–Trinajstić information content (AvgIpc) is 2.93. The first-order chi connectivity index (χ1) is 11.0. The molecule has 122 valence electrons. The van der Waals surface area contributed by atoms with E-state index in [4.69, 9.17) is 9.15 Å². The van der Waals surface area contributed by atoms with Crippen LogP contribution >= 0.6 is 0 Å². The maximum Gasteiger partial charge on any atom is 0.331 e. The van der Waals surface area contributed by atoms with E-state index >= 15 is 0 Å². The fraction of sp³-hybridized carbons (Fsp3) is 0.353. The second-order valence-corrected chi connectivity index (χ2v) is 5.57. The maximum absolute atomic E-state index is 11.7. The summed E-state index contributed by atoms with van der Waals surface area (Å²) in [4.78, 5) is 27.7. The molecule has 2 aromatic rings. The number of carbonyl (C=O) groups excluding carboxylic acids is 2. The molecule has 1 aromatic carbocycles. The van der Waals surface area contributed by atoms with Crippen LogP contribution in [0.5, 0.6) is 0 Å². The third-order valence-electron chi connectivity index (χ3n) is 3.02. The maximum atomic E-state index is 11.7. The van der Waals surface area contributed by atoms with Gasteiger partial charge in [0.2, 0.25) is 5.89 Å². The van der Waals surface area contributed by atoms with Gasteiger partial charge < -0.3 is 14.5 Å². The summed E-state index contributed by atoms with van der Waals surface area (Å²) in [6.07, 6.45) is 1.76. The fourth-order valence-electron chi connectivity index (χ4n) is 1.82. The van der Waals surface area contributed by atoms with Crippen molar-refractivity contribution in [3.8, 4) is 0 Å². The highest BCUT2D eigenvalue weighted by Crippen LogP contribution is 2.15. The molecule has 1 amide bonds. The molecule has 1 N–H and O–H groups in total. The summed E-state index contributed by atoms with van der Waals surface area (Å²) in [5, 5.41) is 2.71. The van der Waals surface area contributed by atoms with Crippen molar-refractivity contribution in [2.75, 3.05) is 6.54 Å². The van der Waals surface area contributed by atoms with Crippen molar-refractivity contribution in [2.45, 2.75) is 26.9 Å². The van der Waals surface area contributed by atoms with Gasteiger partial charge in [-0.05, 0) is 25.0 Å². The first-order valence-corrected chi connectivity index (χ1v) is 7.47. The van der Waals surface area contributed by atoms with Crippen molar-refractivity contribution in [3.63, 3.8) is 0 Å². The van der Waals surface area contributed by atoms with E-state index in [0.29, 0.717) is 29.5 Å². The minimum Gasteiger partial charge on any atom is -0.449 e. The number of benzene rings is 1. The zero-order chi connectivity index (χ0) is 16.8. The van der Waals surface area contributed by atoms with E-state index in [0.717, 1.165) is 0 Å². The van der Waals surface area contributed by atoms with Gasteiger partial charge in [-0.2, -0.15) is 0 Å². The van der Waals surface area contributed by atoms with Crippen LogP contribution in [0.25, 0.3) is 17.2 Å². The van der Waals surface area contributed by atoms with Crippen LogP contribution in [0.15, 0.2) is 34.8 Å². The highest BCUT2D eigenvalue weighted by atomic mass is 16.5. The highest BCUT2D eigenvalue weighted by molar-refractivity contribution is 5.90. The summed E-state index contributed by atoms with van der Waals surface area (Å²) in [5.41, 5.74) is 1.35.